The van der Waals surface area contributed by atoms with Gasteiger partial charge in [0, 0.05) is 39.8 Å². The third-order valence-electron chi connectivity index (χ3n) is 8.52. The van der Waals surface area contributed by atoms with Crippen LogP contribution < -0.4 is 0 Å². The van der Waals surface area contributed by atoms with Gasteiger partial charge in [0.25, 0.3) is 0 Å². The number of hydrogen-bond donors (Lipinski definition) is 0. The Balaban J connectivity index is 1.62. The van der Waals surface area contributed by atoms with Crippen LogP contribution in [-0.2, 0) is 10.8 Å². The molecule has 42 heavy (non-hydrogen) atoms. The molecule has 7 rings (SSSR count). The van der Waals surface area contributed by atoms with E-state index in [1.54, 1.807) is 0 Å². The number of para-hydroxylation sites is 1. The first-order valence-electron chi connectivity index (χ1n) is 14.8. The maximum absolute atomic E-state index is 5.13. The van der Waals surface area contributed by atoms with Gasteiger partial charge in [0.05, 0.1) is 16.6 Å². The van der Waals surface area contributed by atoms with Crippen molar-refractivity contribution in [2.75, 3.05) is 0 Å². The van der Waals surface area contributed by atoms with Crippen LogP contribution in [0.5, 0.6) is 0 Å². The van der Waals surface area contributed by atoms with Crippen molar-refractivity contribution >= 4 is 32.7 Å². The van der Waals surface area contributed by atoms with E-state index < -0.39 is 0 Å². The Morgan fingerprint density at radius 1 is 0.571 bits per heavy atom. The minimum absolute atomic E-state index is 0.0507. The van der Waals surface area contributed by atoms with Crippen LogP contribution in [-0.4, -0.2) is 14.1 Å². The Morgan fingerprint density at radius 2 is 1.12 bits per heavy atom. The lowest BCUT2D eigenvalue weighted by atomic mass is 9.85. The summed E-state index contributed by atoms with van der Waals surface area (Å²) in [6, 6.07) is 37.4. The molecule has 3 heteroatoms. The summed E-state index contributed by atoms with van der Waals surface area (Å²) in [5.74, 6) is 0.936. The van der Waals surface area contributed by atoms with E-state index in [9.17, 15) is 0 Å². The number of rotatable bonds is 3. The lowest BCUT2D eigenvalue weighted by molar-refractivity contribution is 0.590. The van der Waals surface area contributed by atoms with E-state index >= 15 is 0 Å². The topological polar surface area (TPSA) is 22.8 Å². The van der Waals surface area contributed by atoms with Crippen molar-refractivity contribution in [3.63, 3.8) is 0 Å². The minimum atomic E-state index is 0.0507. The molecule has 0 N–H and O–H groups in total. The molecule has 0 aliphatic rings. The van der Waals surface area contributed by atoms with Crippen LogP contribution in [0.25, 0.3) is 55.3 Å². The molecule has 0 saturated heterocycles. The van der Waals surface area contributed by atoms with Gasteiger partial charge in [-0.25, -0.2) is 4.98 Å². The average Bonchev–Trinajstić information content (AvgIpc) is 3.53. The Hall–Kier alpha value is -4.63. The molecule has 0 atom stereocenters. The zero-order valence-corrected chi connectivity index (χ0v) is 25.3. The molecule has 3 heterocycles. The van der Waals surface area contributed by atoms with Gasteiger partial charge in [-0.2, -0.15) is 0 Å². The molecule has 0 radical (unpaired) electrons. The van der Waals surface area contributed by atoms with Gasteiger partial charge in [-0.1, -0.05) is 102 Å². The smallest absolute Gasteiger partial charge is 0.162 e. The van der Waals surface area contributed by atoms with Crippen LogP contribution in [0.3, 0.4) is 0 Å². The Kier molecular flexibility index (Phi) is 5.92. The summed E-state index contributed by atoms with van der Waals surface area (Å²) < 4.78 is 4.69. The predicted molar refractivity (Wildman–Crippen MR) is 178 cm³/mol. The van der Waals surface area contributed by atoms with Crippen LogP contribution in [0, 0.1) is 0 Å². The molecule has 0 aliphatic heterocycles. The fraction of sp³-hybridized carbons (Fsp3) is 0.205. The largest absolute Gasteiger partial charge is 0.313 e. The standard InChI is InChI=1S/C39H37N3/c1-38(2,3)27-17-19-34-31(23-27)32-24-28(39(4,5)6)18-20-35(32)42(34)37-36-30(21-22-40-37)33(26-13-9-7-10-14-26)25-41(36)29-15-11-8-12-16-29/h7-25H,1-6H3. The number of pyridine rings is 1. The van der Waals surface area contributed by atoms with Crippen LogP contribution in [0.1, 0.15) is 52.7 Å². The van der Waals surface area contributed by atoms with Crippen LogP contribution in [0.15, 0.2) is 116 Å². The zero-order valence-electron chi connectivity index (χ0n) is 25.3. The lowest BCUT2D eigenvalue weighted by Gasteiger charge is -2.19. The molecule has 0 aliphatic carbocycles. The summed E-state index contributed by atoms with van der Waals surface area (Å²) in [6.07, 6.45) is 4.23. The summed E-state index contributed by atoms with van der Waals surface area (Å²) in [5.41, 5.74) is 9.72. The quantitative estimate of drug-likeness (QED) is 0.216. The van der Waals surface area contributed by atoms with E-state index in [0.717, 1.165) is 17.0 Å². The van der Waals surface area contributed by atoms with Crippen LogP contribution in [0.4, 0.5) is 0 Å². The highest BCUT2D eigenvalue weighted by molar-refractivity contribution is 6.11. The van der Waals surface area contributed by atoms with Crippen LogP contribution in [0.2, 0.25) is 0 Å². The molecule has 3 aromatic heterocycles. The van der Waals surface area contributed by atoms with Crippen molar-refractivity contribution in [1.29, 1.82) is 0 Å². The zero-order chi connectivity index (χ0) is 29.2. The molecule has 0 saturated carbocycles. The Labute approximate surface area is 248 Å². The third kappa shape index (κ3) is 4.23. The first-order chi connectivity index (χ1) is 20.1. The highest BCUT2D eigenvalue weighted by Crippen LogP contribution is 2.40. The van der Waals surface area contributed by atoms with Crippen molar-refractivity contribution in [3.8, 4) is 22.6 Å². The van der Waals surface area contributed by atoms with Gasteiger partial charge >= 0.3 is 0 Å². The number of aromatic nitrogens is 3. The SMILES string of the molecule is CC(C)(C)c1ccc2c(c1)c1cc(C(C)(C)C)ccc1n2-c1nccc2c(-c3ccccc3)cn(-c3ccccc3)c12. The van der Waals surface area contributed by atoms with E-state index in [0.29, 0.717) is 0 Å². The first kappa shape index (κ1) is 26.3. The maximum Gasteiger partial charge on any atom is 0.162 e. The monoisotopic (exact) mass is 547 g/mol. The van der Waals surface area contributed by atoms with E-state index in [4.69, 9.17) is 4.98 Å². The van der Waals surface area contributed by atoms with Gasteiger partial charge < -0.3 is 4.57 Å². The van der Waals surface area contributed by atoms with Gasteiger partial charge in [-0.3, -0.25) is 4.57 Å². The molecule has 208 valence electrons. The second-order valence-corrected chi connectivity index (χ2v) is 13.4. The molecule has 7 aromatic rings. The first-order valence-corrected chi connectivity index (χ1v) is 14.8. The maximum atomic E-state index is 5.13. The molecule has 3 nitrogen and oxygen atoms in total. The van der Waals surface area contributed by atoms with Gasteiger partial charge in [-0.15, -0.1) is 0 Å². The summed E-state index contributed by atoms with van der Waals surface area (Å²) >= 11 is 0. The van der Waals surface area contributed by atoms with Crippen molar-refractivity contribution < 1.29 is 0 Å². The number of nitrogens with zero attached hydrogens (tertiary/aromatic N) is 3. The van der Waals surface area contributed by atoms with Gasteiger partial charge in [0.15, 0.2) is 5.82 Å². The normalized spacial score (nSPS) is 12.5. The van der Waals surface area contributed by atoms with E-state index in [1.807, 2.05) is 6.20 Å². The lowest BCUT2D eigenvalue weighted by Crippen LogP contribution is -2.10. The second kappa shape index (κ2) is 9.46. The van der Waals surface area contributed by atoms with E-state index in [-0.39, 0.29) is 10.8 Å². The number of hydrogen-bond acceptors (Lipinski definition) is 1. The summed E-state index contributed by atoms with van der Waals surface area (Å²) in [5, 5.41) is 3.72. The molecule has 4 aromatic carbocycles. The van der Waals surface area contributed by atoms with Gasteiger partial charge in [0.2, 0.25) is 0 Å². The molecule has 0 unspecified atom stereocenters. The summed E-state index contributed by atoms with van der Waals surface area (Å²) in [6.45, 7) is 13.7. The average molecular weight is 548 g/mol. The highest BCUT2D eigenvalue weighted by atomic mass is 15.1. The molecule has 0 spiro atoms. The molecule has 0 bridgehead atoms. The molecular weight excluding hydrogens is 510 g/mol. The van der Waals surface area contributed by atoms with E-state index in [1.165, 1.54) is 49.4 Å². The van der Waals surface area contributed by atoms with Gasteiger partial charge in [-0.05, 0) is 70.0 Å². The Bertz CT molecular complexity index is 2010. The second-order valence-electron chi connectivity index (χ2n) is 13.4. The molecule has 0 amide bonds. The number of benzene rings is 4. The number of fused-ring (bicyclic) bond motifs is 4. The van der Waals surface area contributed by atoms with Crippen molar-refractivity contribution in [1.82, 2.24) is 14.1 Å². The van der Waals surface area contributed by atoms with E-state index in [2.05, 4.69) is 160 Å². The molecular formula is C39H37N3. The van der Waals surface area contributed by atoms with Crippen LogP contribution >= 0.6 is 0 Å². The minimum Gasteiger partial charge on any atom is -0.313 e. The van der Waals surface area contributed by atoms with Crippen molar-refractivity contribution in [2.24, 2.45) is 0 Å². The fourth-order valence-electron chi connectivity index (χ4n) is 6.15. The highest BCUT2D eigenvalue weighted by Gasteiger charge is 2.24. The third-order valence-corrected chi connectivity index (χ3v) is 8.52. The predicted octanol–water partition coefficient (Wildman–Crippen LogP) is 10.4. The fourth-order valence-corrected chi connectivity index (χ4v) is 6.15. The van der Waals surface area contributed by atoms with Gasteiger partial charge in [0.1, 0.15) is 0 Å². The van der Waals surface area contributed by atoms with Crippen molar-refractivity contribution in [3.05, 3.63) is 127 Å². The molecule has 0 fully saturated rings. The Morgan fingerprint density at radius 3 is 1.67 bits per heavy atom. The summed E-state index contributed by atoms with van der Waals surface area (Å²) in [7, 11) is 0. The summed E-state index contributed by atoms with van der Waals surface area (Å²) in [4.78, 5) is 5.13. The van der Waals surface area contributed by atoms with Crippen molar-refractivity contribution in [2.45, 2.75) is 52.4 Å².